The zero-order valence-corrected chi connectivity index (χ0v) is 15.2. The van der Waals surface area contributed by atoms with Crippen molar-refractivity contribution in [2.75, 3.05) is 24.5 Å². The van der Waals surface area contributed by atoms with Crippen LogP contribution in [-0.4, -0.2) is 56.2 Å². The van der Waals surface area contributed by atoms with E-state index < -0.39 is 0 Å². The number of aliphatic imine (C=N–C) groups is 1. The van der Waals surface area contributed by atoms with Crippen LogP contribution in [0, 0.1) is 0 Å². The molecule has 0 aliphatic carbocycles. The van der Waals surface area contributed by atoms with E-state index in [2.05, 4.69) is 36.2 Å². The Bertz CT molecular complexity index is 1060. The summed E-state index contributed by atoms with van der Waals surface area (Å²) in [6.45, 7) is 2.59. The minimum absolute atomic E-state index is 0.219. The van der Waals surface area contributed by atoms with Gasteiger partial charge in [-0.3, -0.25) is 9.39 Å². The van der Waals surface area contributed by atoms with E-state index in [0.717, 1.165) is 43.3 Å². The van der Waals surface area contributed by atoms with Crippen LogP contribution in [0.25, 0.3) is 17.2 Å². The van der Waals surface area contributed by atoms with Crippen molar-refractivity contribution in [3.05, 3.63) is 47.8 Å². The maximum absolute atomic E-state index is 6.03. The Balaban J connectivity index is 1.46. The van der Waals surface area contributed by atoms with Gasteiger partial charge in [-0.15, -0.1) is 0 Å². The number of nitrogens with one attached hydrogen (secondary N) is 1. The second-order valence-electron chi connectivity index (χ2n) is 6.45. The number of piperazine rings is 1. The summed E-state index contributed by atoms with van der Waals surface area (Å²) < 4.78 is 1.85. The van der Waals surface area contributed by atoms with Gasteiger partial charge in [-0.1, -0.05) is 17.7 Å². The van der Waals surface area contributed by atoms with Crippen LogP contribution in [0.5, 0.6) is 0 Å². The Morgan fingerprint density at radius 2 is 2.15 bits per heavy atom. The number of anilines is 1. The van der Waals surface area contributed by atoms with Gasteiger partial charge in [-0.25, -0.2) is 19.9 Å². The van der Waals surface area contributed by atoms with Crippen LogP contribution in [0.3, 0.4) is 0 Å². The number of hydrogen-bond acceptors (Lipinski definition) is 7. The minimum Gasteiger partial charge on any atom is -0.353 e. The van der Waals surface area contributed by atoms with Crippen molar-refractivity contribution >= 4 is 29.3 Å². The van der Waals surface area contributed by atoms with E-state index in [4.69, 9.17) is 16.6 Å². The molecule has 0 aromatic carbocycles. The van der Waals surface area contributed by atoms with Gasteiger partial charge in [0.25, 0.3) is 0 Å². The van der Waals surface area contributed by atoms with Gasteiger partial charge in [0.2, 0.25) is 0 Å². The standard InChI is InChI=1S/C18H17ClN8/c19-15-11-27-14(8-24-17(27)9-23-15)18-22-5-3-16(25-18)26-7-6-21-13(10-26)12-2-1-4-20-12/h2-5,8-9,11,13,21H,1,6-7,10H2. The third-order valence-electron chi connectivity index (χ3n) is 4.76. The van der Waals surface area contributed by atoms with Crippen LogP contribution in [0.2, 0.25) is 5.15 Å². The molecule has 1 N–H and O–H groups in total. The molecule has 0 radical (unpaired) electrons. The number of rotatable bonds is 3. The van der Waals surface area contributed by atoms with Crippen molar-refractivity contribution in [3.8, 4) is 11.5 Å². The smallest absolute Gasteiger partial charge is 0.180 e. The molecule has 9 heteroatoms. The van der Waals surface area contributed by atoms with E-state index >= 15 is 0 Å². The SMILES string of the molecule is Clc1cn2c(-c3nccc(N4CCNC(C5=CCC=N5)C4)n3)cnc2cn1. The fourth-order valence-corrected chi connectivity index (χ4v) is 3.60. The summed E-state index contributed by atoms with van der Waals surface area (Å²) in [6, 6.07) is 2.16. The molecular formula is C18H17ClN8. The molecule has 1 saturated heterocycles. The van der Waals surface area contributed by atoms with Crippen molar-refractivity contribution < 1.29 is 0 Å². The van der Waals surface area contributed by atoms with E-state index in [1.54, 1.807) is 24.8 Å². The number of imidazole rings is 1. The molecule has 1 unspecified atom stereocenters. The maximum Gasteiger partial charge on any atom is 0.180 e. The van der Waals surface area contributed by atoms with Crippen LogP contribution in [0.4, 0.5) is 5.82 Å². The molecule has 0 spiro atoms. The van der Waals surface area contributed by atoms with Crippen molar-refractivity contribution in [3.63, 3.8) is 0 Å². The van der Waals surface area contributed by atoms with Crippen molar-refractivity contribution in [1.82, 2.24) is 29.7 Å². The number of fused-ring (bicyclic) bond motifs is 1. The van der Waals surface area contributed by atoms with E-state index in [1.807, 2.05) is 16.7 Å². The van der Waals surface area contributed by atoms with E-state index in [0.29, 0.717) is 16.6 Å². The second-order valence-corrected chi connectivity index (χ2v) is 6.84. The van der Waals surface area contributed by atoms with Gasteiger partial charge < -0.3 is 10.2 Å². The highest BCUT2D eigenvalue weighted by molar-refractivity contribution is 6.29. The maximum atomic E-state index is 6.03. The lowest BCUT2D eigenvalue weighted by Gasteiger charge is -2.34. The van der Waals surface area contributed by atoms with Crippen molar-refractivity contribution in [1.29, 1.82) is 0 Å². The summed E-state index contributed by atoms with van der Waals surface area (Å²) in [7, 11) is 0. The Morgan fingerprint density at radius 3 is 3.04 bits per heavy atom. The average molecular weight is 381 g/mol. The second kappa shape index (κ2) is 6.71. The molecule has 136 valence electrons. The molecule has 0 saturated carbocycles. The molecule has 5 heterocycles. The fourth-order valence-electron chi connectivity index (χ4n) is 3.45. The molecule has 1 atom stereocenters. The molecular weight excluding hydrogens is 364 g/mol. The third kappa shape index (κ3) is 3.07. The lowest BCUT2D eigenvalue weighted by atomic mass is 10.1. The monoisotopic (exact) mass is 380 g/mol. The van der Waals surface area contributed by atoms with Crippen LogP contribution in [-0.2, 0) is 0 Å². The summed E-state index contributed by atoms with van der Waals surface area (Å²) in [5.74, 6) is 1.50. The summed E-state index contributed by atoms with van der Waals surface area (Å²) >= 11 is 6.03. The lowest BCUT2D eigenvalue weighted by molar-refractivity contribution is 0.496. The molecule has 5 rings (SSSR count). The topological polar surface area (TPSA) is 83.6 Å². The van der Waals surface area contributed by atoms with Crippen molar-refractivity contribution in [2.45, 2.75) is 12.5 Å². The predicted molar refractivity (Wildman–Crippen MR) is 104 cm³/mol. The van der Waals surface area contributed by atoms with Gasteiger partial charge in [0.15, 0.2) is 11.5 Å². The van der Waals surface area contributed by atoms with Gasteiger partial charge in [0.05, 0.1) is 24.1 Å². The van der Waals surface area contributed by atoms with Gasteiger partial charge >= 0.3 is 0 Å². The normalized spacial score (nSPS) is 19.7. The Labute approximate surface area is 160 Å². The predicted octanol–water partition coefficient (Wildman–Crippen LogP) is 1.98. The van der Waals surface area contributed by atoms with Crippen LogP contribution < -0.4 is 10.2 Å². The molecule has 1 fully saturated rings. The van der Waals surface area contributed by atoms with E-state index in [1.165, 1.54) is 0 Å². The molecule has 3 aromatic heterocycles. The van der Waals surface area contributed by atoms with Gasteiger partial charge in [-0.2, -0.15) is 0 Å². The highest BCUT2D eigenvalue weighted by Gasteiger charge is 2.24. The zero-order valence-electron chi connectivity index (χ0n) is 14.5. The van der Waals surface area contributed by atoms with Crippen LogP contribution in [0.15, 0.2) is 47.6 Å². The molecule has 0 amide bonds. The van der Waals surface area contributed by atoms with Gasteiger partial charge in [-0.05, 0) is 6.07 Å². The average Bonchev–Trinajstić information content (AvgIpc) is 3.38. The Morgan fingerprint density at radius 1 is 1.19 bits per heavy atom. The van der Waals surface area contributed by atoms with Gasteiger partial charge in [0.1, 0.15) is 16.7 Å². The Hall–Kier alpha value is -2.84. The number of aromatic nitrogens is 5. The first-order valence-electron chi connectivity index (χ1n) is 8.81. The Kier molecular flexibility index (Phi) is 4.06. The first-order valence-corrected chi connectivity index (χ1v) is 9.19. The van der Waals surface area contributed by atoms with Crippen LogP contribution >= 0.6 is 11.6 Å². The molecule has 27 heavy (non-hydrogen) atoms. The molecule has 2 aliphatic rings. The first-order chi connectivity index (χ1) is 13.3. The summed E-state index contributed by atoms with van der Waals surface area (Å²) in [5.41, 5.74) is 2.60. The molecule has 8 nitrogen and oxygen atoms in total. The lowest BCUT2D eigenvalue weighted by Crippen LogP contribution is -2.51. The highest BCUT2D eigenvalue weighted by atomic mass is 35.5. The van der Waals surface area contributed by atoms with E-state index in [-0.39, 0.29) is 6.04 Å². The largest absolute Gasteiger partial charge is 0.353 e. The van der Waals surface area contributed by atoms with Crippen LogP contribution in [0.1, 0.15) is 6.42 Å². The molecule has 0 bridgehead atoms. The number of hydrogen-bond donors (Lipinski definition) is 1. The number of nitrogens with zero attached hydrogens (tertiary/aromatic N) is 7. The quantitative estimate of drug-likeness (QED) is 0.748. The summed E-state index contributed by atoms with van der Waals surface area (Å²) in [4.78, 5) is 24.4. The van der Waals surface area contributed by atoms with Crippen molar-refractivity contribution in [2.24, 2.45) is 4.99 Å². The summed E-state index contributed by atoms with van der Waals surface area (Å²) in [6.07, 6.45) is 11.9. The number of allylic oxidation sites excluding steroid dienone is 1. The number of halogens is 1. The zero-order chi connectivity index (χ0) is 18.2. The highest BCUT2D eigenvalue weighted by Crippen LogP contribution is 2.22. The van der Waals surface area contributed by atoms with E-state index in [9.17, 15) is 0 Å². The first kappa shape index (κ1) is 16.3. The minimum atomic E-state index is 0.219. The van der Waals surface area contributed by atoms with Gasteiger partial charge in [0, 0.05) is 44.7 Å². The molecule has 2 aliphatic heterocycles. The summed E-state index contributed by atoms with van der Waals surface area (Å²) in [5, 5.41) is 3.93. The third-order valence-corrected chi connectivity index (χ3v) is 4.96. The fraction of sp³-hybridized carbons (Fsp3) is 0.278. The molecule has 3 aromatic rings.